The molecule has 0 unspecified atom stereocenters. The molecule has 0 bridgehead atoms. The number of benzene rings is 3. The summed E-state index contributed by atoms with van der Waals surface area (Å²) in [5.41, 5.74) is 2.40. The van der Waals surface area contributed by atoms with Crippen molar-refractivity contribution in [1.29, 1.82) is 0 Å². The van der Waals surface area contributed by atoms with E-state index in [1.54, 1.807) is 36.4 Å². The number of anilines is 3. The van der Waals surface area contributed by atoms with Crippen LogP contribution in [0.5, 0.6) is 0 Å². The van der Waals surface area contributed by atoms with Crippen molar-refractivity contribution < 1.29 is 13.2 Å². The van der Waals surface area contributed by atoms with Crippen LogP contribution < -0.4 is 15.4 Å². The van der Waals surface area contributed by atoms with Crippen LogP contribution in [0.1, 0.15) is 5.56 Å². The maximum atomic E-state index is 12.2. The molecule has 0 aromatic heterocycles. The van der Waals surface area contributed by atoms with Crippen molar-refractivity contribution in [3.05, 3.63) is 95.9 Å². The van der Waals surface area contributed by atoms with Crippen LogP contribution in [0.25, 0.3) is 6.08 Å². The minimum atomic E-state index is -3.64. The topological polar surface area (TPSA) is 87.3 Å². The Morgan fingerprint density at radius 2 is 1.18 bits per heavy atom. The smallest absolute Gasteiger partial charge is 0.308 e. The predicted octanol–water partition coefficient (Wildman–Crippen LogP) is 4.74. The van der Waals surface area contributed by atoms with Crippen molar-refractivity contribution in [3.63, 3.8) is 0 Å². The van der Waals surface area contributed by atoms with Crippen LogP contribution in [0.3, 0.4) is 0 Å². The molecule has 0 fully saturated rings. The fourth-order valence-corrected chi connectivity index (χ4v) is 3.24. The summed E-state index contributed by atoms with van der Waals surface area (Å²) in [5, 5.41) is 6.50. The molecule has 3 rings (SSSR count). The number of carbonyl (C=O) groups excluding carboxylic acids is 1. The van der Waals surface area contributed by atoms with E-state index in [-0.39, 0.29) is 6.03 Å². The van der Waals surface area contributed by atoms with E-state index in [0.29, 0.717) is 17.1 Å². The van der Waals surface area contributed by atoms with Gasteiger partial charge in [-0.25, -0.2) is 13.2 Å². The highest BCUT2D eigenvalue weighted by atomic mass is 32.2. The van der Waals surface area contributed by atoms with Gasteiger partial charge in [-0.05, 0) is 48.0 Å². The van der Waals surface area contributed by atoms with Gasteiger partial charge in [-0.1, -0.05) is 48.5 Å². The van der Waals surface area contributed by atoms with E-state index in [0.717, 1.165) is 11.0 Å². The number of para-hydroxylation sites is 1. The Labute approximate surface area is 164 Å². The minimum Gasteiger partial charge on any atom is -0.308 e. The first-order valence-corrected chi connectivity index (χ1v) is 10.0. The van der Waals surface area contributed by atoms with Gasteiger partial charge in [0.05, 0.1) is 5.41 Å². The Morgan fingerprint density at radius 1 is 0.679 bits per heavy atom. The summed E-state index contributed by atoms with van der Waals surface area (Å²) in [7, 11) is -3.64. The maximum Gasteiger partial charge on any atom is 0.323 e. The largest absolute Gasteiger partial charge is 0.323 e. The van der Waals surface area contributed by atoms with Crippen LogP contribution in [0.2, 0.25) is 0 Å². The molecule has 0 spiro atoms. The van der Waals surface area contributed by atoms with Gasteiger partial charge in [0.1, 0.15) is 0 Å². The van der Waals surface area contributed by atoms with Crippen molar-refractivity contribution in [1.82, 2.24) is 0 Å². The van der Waals surface area contributed by atoms with Gasteiger partial charge in [-0.2, -0.15) is 0 Å². The molecule has 142 valence electrons. The van der Waals surface area contributed by atoms with Crippen molar-refractivity contribution >= 4 is 39.2 Å². The van der Waals surface area contributed by atoms with Crippen molar-refractivity contribution in [2.75, 3.05) is 15.4 Å². The lowest BCUT2D eigenvalue weighted by Gasteiger charge is -2.09. The second kappa shape index (κ2) is 8.88. The monoisotopic (exact) mass is 393 g/mol. The highest BCUT2D eigenvalue weighted by Crippen LogP contribution is 2.16. The average Bonchev–Trinajstić information content (AvgIpc) is 2.69. The Bertz CT molecular complexity index is 1050. The lowest BCUT2D eigenvalue weighted by Crippen LogP contribution is -2.19. The molecule has 2 amide bonds. The maximum absolute atomic E-state index is 12.2. The number of carbonyl (C=O) groups is 1. The van der Waals surface area contributed by atoms with Crippen molar-refractivity contribution in [2.24, 2.45) is 0 Å². The van der Waals surface area contributed by atoms with E-state index in [1.165, 1.54) is 6.08 Å². The third kappa shape index (κ3) is 6.00. The molecule has 0 heterocycles. The second-order valence-electron chi connectivity index (χ2n) is 5.88. The van der Waals surface area contributed by atoms with Gasteiger partial charge in [-0.15, -0.1) is 0 Å². The van der Waals surface area contributed by atoms with Crippen LogP contribution in [-0.4, -0.2) is 14.4 Å². The molecule has 0 saturated heterocycles. The van der Waals surface area contributed by atoms with Crippen molar-refractivity contribution in [2.45, 2.75) is 0 Å². The molecule has 0 atom stereocenters. The number of urea groups is 1. The number of hydrogen-bond acceptors (Lipinski definition) is 3. The van der Waals surface area contributed by atoms with Gasteiger partial charge in [-0.3, -0.25) is 4.72 Å². The zero-order chi connectivity index (χ0) is 19.8. The predicted molar refractivity (Wildman–Crippen MR) is 114 cm³/mol. The number of amides is 2. The Hall–Kier alpha value is -3.58. The van der Waals surface area contributed by atoms with Gasteiger partial charge < -0.3 is 10.6 Å². The number of rotatable bonds is 6. The fourth-order valence-electron chi connectivity index (χ4n) is 2.37. The zero-order valence-corrected chi connectivity index (χ0v) is 15.7. The van der Waals surface area contributed by atoms with E-state index in [2.05, 4.69) is 15.4 Å². The molecule has 3 aromatic carbocycles. The third-order valence-corrected chi connectivity index (χ3v) is 4.69. The summed E-state index contributed by atoms with van der Waals surface area (Å²) >= 11 is 0. The lowest BCUT2D eigenvalue weighted by atomic mass is 10.2. The molecular formula is C21H19N3O3S. The number of nitrogens with one attached hydrogen (secondary N) is 3. The van der Waals surface area contributed by atoms with Crippen LogP contribution in [0.4, 0.5) is 21.9 Å². The molecule has 3 N–H and O–H groups in total. The first kappa shape index (κ1) is 19.2. The first-order valence-electron chi connectivity index (χ1n) is 8.49. The number of hydrogen-bond donors (Lipinski definition) is 3. The summed E-state index contributed by atoms with van der Waals surface area (Å²) in [6.45, 7) is 0. The van der Waals surface area contributed by atoms with Crippen LogP contribution in [0.15, 0.2) is 90.3 Å². The Morgan fingerprint density at radius 3 is 1.79 bits per heavy atom. The average molecular weight is 393 g/mol. The van der Waals surface area contributed by atoms with Crippen LogP contribution in [-0.2, 0) is 10.0 Å². The molecule has 28 heavy (non-hydrogen) atoms. The zero-order valence-electron chi connectivity index (χ0n) is 14.9. The van der Waals surface area contributed by atoms with E-state index < -0.39 is 10.0 Å². The van der Waals surface area contributed by atoms with Crippen molar-refractivity contribution in [3.8, 4) is 0 Å². The molecule has 3 aromatic rings. The van der Waals surface area contributed by atoms with Gasteiger partial charge >= 0.3 is 6.03 Å². The molecule has 7 heteroatoms. The molecule has 0 aliphatic carbocycles. The van der Waals surface area contributed by atoms with Gasteiger partial charge in [0.25, 0.3) is 10.0 Å². The summed E-state index contributed by atoms with van der Waals surface area (Å²) < 4.78 is 26.8. The van der Waals surface area contributed by atoms with E-state index >= 15 is 0 Å². The van der Waals surface area contributed by atoms with Gasteiger partial charge in [0.15, 0.2) is 0 Å². The molecule has 0 aliphatic rings. The van der Waals surface area contributed by atoms with E-state index in [9.17, 15) is 13.2 Å². The quantitative estimate of drug-likeness (QED) is 0.565. The van der Waals surface area contributed by atoms with Gasteiger partial charge in [0.2, 0.25) is 0 Å². The minimum absolute atomic E-state index is 0.384. The van der Waals surface area contributed by atoms with Crippen LogP contribution in [0, 0.1) is 0 Å². The molecule has 0 saturated carbocycles. The molecule has 0 aliphatic heterocycles. The van der Waals surface area contributed by atoms with Gasteiger partial charge in [0, 0.05) is 17.1 Å². The molecule has 0 radical (unpaired) electrons. The summed E-state index contributed by atoms with van der Waals surface area (Å²) in [6, 6.07) is 24.2. The summed E-state index contributed by atoms with van der Waals surface area (Å²) in [6.07, 6.45) is 1.52. The van der Waals surface area contributed by atoms with E-state index in [1.807, 2.05) is 48.5 Å². The second-order valence-corrected chi connectivity index (χ2v) is 7.45. The third-order valence-electron chi connectivity index (χ3n) is 3.67. The fraction of sp³-hybridized carbons (Fsp3) is 0. The van der Waals surface area contributed by atoms with E-state index in [4.69, 9.17) is 0 Å². The normalized spacial score (nSPS) is 11.1. The van der Waals surface area contributed by atoms with Crippen LogP contribution >= 0.6 is 0 Å². The first-order chi connectivity index (χ1) is 13.5. The lowest BCUT2D eigenvalue weighted by molar-refractivity contribution is 0.262. The highest BCUT2D eigenvalue weighted by molar-refractivity contribution is 7.95. The highest BCUT2D eigenvalue weighted by Gasteiger charge is 2.07. The summed E-state index contributed by atoms with van der Waals surface area (Å²) in [4.78, 5) is 12.0. The standard InChI is InChI=1S/C21H19N3O3S/c25-21(22-18-9-5-2-6-10-18)23-19-11-13-20(14-12-19)24-28(26,27)16-15-17-7-3-1-4-8-17/h1-16,24H,(H2,22,23,25)/b16-15+. The molecular weight excluding hydrogens is 374 g/mol. The Kier molecular flexibility index (Phi) is 6.08. The molecule has 6 nitrogen and oxygen atoms in total. The Balaban J connectivity index is 1.58. The number of sulfonamides is 1. The SMILES string of the molecule is O=C(Nc1ccccc1)Nc1ccc(NS(=O)(=O)/C=C/c2ccccc2)cc1. The summed E-state index contributed by atoms with van der Waals surface area (Å²) in [5.74, 6) is 0.